The predicted octanol–water partition coefficient (Wildman–Crippen LogP) is 3.13. The van der Waals surface area contributed by atoms with E-state index in [0.29, 0.717) is 0 Å². The average molecular weight is 284 g/mol. The van der Waals surface area contributed by atoms with Crippen LogP contribution in [0, 0.1) is 0 Å². The minimum atomic E-state index is -2.71. The van der Waals surface area contributed by atoms with Crippen molar-refractivity contribution in [2.75, 3.05) is 7.11 Å². The molecular formula is C10H9Cl2F2NO2. The summed E-state index contributed by atoms with van der Waals surface area (Å²) in [7, 11) is 1.21. The number of esters is 1. The van der Waals surface area contributed by atoms with Crippen LogP contribution in [0.3, 0.4) is 0 Å². The number of carbonyl (C=O) groups excluding carboxylic acids is 1. The number of carbonyl (C=O) groups is 1. The smallest absolute Gasteiger partial charge is 0.311 e. The van der Waals surface area contributed by atoms with E-state index in [1.807, 2.05) is 0 Å². The molecule has 0 N–H and O–H groups in total. The lowest BCUT2D eigenvalue weighted by molar-refractivity contribution is -0.139. The number of methoxy groups -OCH3 is 1. The number of halogens is 4. The van der Waals surface area contributed by atoms with Gasteiger partial charge < -0.3 is 4.74 Å². The molecule has 0 bridgehead atoms. The summed E-state index contributed by atoms with van der Waals surface area (Å²) in [6.07, 6.45) is -2.89. The minimum absolute atomic E-state index is 0.000401. The van der Waals surface area contributed by atoms with E-state index in [-0.39, 0.29) is 34.3 Å². The highest BCUT2D eigenvalue weighted by molar-refractivity contribution is 6.31. The van der Waals surface area contributed by atoms with Gasteiger partial charge in [0.25, 0.3) is 6.43 Å². The van der Waals surface area contributed by atoms with Crippen molar-refractivity contribution in [3.05, 3.63) is 28.0 Å². The van der Waals surface area contributed by atoms with Gasteiger partial charge in [0.2, 0.25) is 0 Å². The monoisotopic (exact) mass is 283 g/mol. The number of alkyl halides is 3. The predicted molar refractivity (Wildman–Crippen MR) is 59.5 cm³/mol. The Bertz CT molecular complexity index is 427. The van der Waals surface area contributed by atoms with E-state index in [1.165, 1.54) is 7.11 Å². The fraction of sp³-hybridized carbons (Fsp3) is 0.400. The lowest BCUT2D eigenvalue weighted by atomic mass is 10.1. The van der Waals surface area contributed by atoms with E-state index < -0.39 is 12.4 Å². The summed E-state index contributed by atoms with van der Waals surface area (Å²) in [5.41, 5.74) is -0.123. The highest BCUT2D eigenvalue weighted by Gasteiger charge is 2.18. The molecule has 0 saturated carbocycles. The first-order valence-electron chi connectivity index (χ1n) is 4.58. The molecule has 7 heteroatoms. The molecule has 17 heavy (non-hydrogen) atoms. The molecule has 0 atom stereocenters. The Morgan fingerprint density at radius 1 is 1.53 bits per heavy atom. The maximum absolute atomic E-state index is 12.6. The molecule has 3 nitrogen and oxygen atoms in total. The summed E-state index contributed by atoms with van der Waals surface area (Å²) in [5, 5.41) is -0.000401. The third-order valence-corrected chi connectivity index (χ3v) is 2.64. The van der Waals surface area contributed by atoms with E-state index in [2.05, 4.69) is 9.72 Å². The number of ether oxygens (including phenoxy) is 1. The van der Waals surface area contributed by atoms with Gasteiger partial charge in [-0.1, -0.05) is 11.6 Å². The van der Waals surface area contributed by atoms with E-state index in [4.69, 9.17) is 23.2 Å². The fourth-order valence-electron chi connectivity index (χ4n) is 1.21. The van der Waals surface area contributed by atoms with Crippen LogP contribution < -0.4 is 0 Å². The van der Waals surface area contributed by atoms with Crippen molar-refractivity contribution in [2.45, 2.75) is 18.7 Å². The Kier molecular flexibility index (Phi) is 5.08. The Morgan fingerprint density at radius 3 is 2.65 bits per heavy atom. The Labute approximate surface area is 107 Å². The van der Waals surface area contributed by atoms with Gasteiger partial charge in [-0.15, -0.1) is 11.6 Å². The molecule has 0 aliphatic carbocycles. The number of aromatic nitrogens is 1. The minimum Gasteiger partial charge on any atom is -0.469 e. The molecule has 94 valence electrons. The number of nitrogens with zero attached hydrogens (tertiary/aromatic N) is 1. The first-order valence-corrected chi connectivity index (χ1v) is 5.50. The van der Waals surface area contributed by atoms with E-state index >= 15 is 0 Å². The van der Waals surface area contributed by atoms with Crippen molar-refractivity contribution in [2.24, 2.45) is 0 Å². The summed E-state index contributed by atoms with van der Waals surface area (Å²) in [4.78, 5) is 14.9. The molecule has 0 spiro atoms. The van der Waals surface area contributed by atoms with Gasteiger partial charge in [-0.05, 0) is 6.07 Å². The molecule has 0 unspecified atom stereocenters. The lowest BCUT2D eigenvalue weighted by Crippen LogP contribution is -2.09. The van der Waals surface area contributed by atoms with Gasteiger partial charge in [-0.25, -0.2) is 8.78 Å². The molecule has 1 aromatic rings. The van der Waals surface area contributed by atoms with Crippen molar-refractivity contribution in [1.82, 2.24) is 4.98 Å². The van der Waals surface area contributed by atoms with Crippen LogP contribution in [0.2, 0.25) is 5.02 Å². The van der Waals surface area contributed by atoms with Gasteiger partial charge in [0.1, 0.15) is 0 Å². The van der Waals surface area contributed by atoms with Gasteiger partial charge >= 0.3 is 5.97 Å². The van der Waals surface area contributed by atoms with Crippen LogP contribution in [0.1, 0.15) is 23.4 Å². The molecule has 0 radical (unpaired) electrons. The molecule has 0 aromatic carbocycles. The van der Waals surface area contributed by atoms with Crippen LogP contribution in [0.4, 0.5) is 8.78 Å². The highest BCUT2D eigenvalue weighted by Crippen LogP contribution is 2.28. The Morgan fingerprint density at radius 2 is 2.18 bits per heavy atom. The van der Waals surface area contributed by atoms with Gasteiger partial charge in [0.15, 0.2) is 0 Å². The van der Waals surface area contributed by atoms with Gasteiger partial charge in [0.05, 0.1) is 35.8 Å². The standard InChI is InChI=1S/C10H9Cl2F2NO2/c1-17-9(16)3-7-6(12)2-5(10(13)14)8(4-11)15-7/h2,10H,3-4H2,1H3. The van der Waals surface area contributed by atoms with Crippen molar-refractivity contribution in [3.63, 3.8) is 0 Å². The van der Waals surface area contributed by atoms with Gasteiger partial charge in [0, 0.05) is 5.56 Å². The van der Waals surface area contributed by atoms with Crippen LogP contribution >= 0.6 is 23.2 Å². The number of hydrogen-bond acceptors (Lipinski definition) is 3. The van der Waals surface area contributed by atoms with Crippen molar-refractivity contribution in [3.8, 4) is 0 Å². The van der Waals surface area contributed by atoms with Crippen LogP contribution in [0.5, 0.6) is 0 Å². The van der Waals surface area contributed by atoms with Crippen LogP contribution in [-0.2, 0) is 21.8 Å². The van der Waals surface area contributed by atoms with E-state index in [9.17, 15) is 13.6 Å². The number of rotatable bonds is 4. The third-order valence-electron chi connectivity index (χ3n) is 2.06. The quantitative estimate of drug-likeness (QED) is 0.630. The lowest BCUT2D eigenvalue weighted by Gasteiger charge is -2.09. The first kappa shape index (κ1) is 14.1. The molecule has 0 saturated heterocycles. The molecular weight excluding hydrogens is 275 g/mol. The Balaban J connectivity index is 3.13. The van der Waals surface area contributed by atoms with Gasteiger partial charge in [-0.3, -0.25) is 9.78 Å². The maximum atomic E-state index is 12.6. The van der Waals surface area contributed by atoms with Crippen molar-refractivity contribution in [1.29, 1.82) is 0 Å². The van der Waals surface area contributed by atoms with E-state index in [1.54, 1.807) is 0 Å². The zero-order valence-corrected chi connectivity index (χ0v) is 10.4. The second kappa shape index (κ2) is 6.12. The van der Waals surface area contributed by atoms with Crippen LogP contribution in [0.15, 0.2) is 6.07 Å². The second-order valence-electron chi connectivity index (χ2n) is 3.14. The molecule has 0 aliphatic heterocycles. The largest absolute Gasteiger partial charge is 0.469 e. The summed E-state index contributed by atoms with van der Waals surface area (Å²) in [5.74, 6) is -0.727. The molecule has 0 fully saturated rings. The fourth-order valence-corrected chi connectivity index (χ4v) is 1.65. The van der Waals surface area contributed by atoms with Crippen molar-refractivity contribution >= 4 is 29.2 Å². The summed E-state index contributed by atoms with van der Waals surface area (Å²) < 4.78 is 29.7. The molecule has 0 amide bonds. The van der Waals surface area contributed by atoms with Crippen LogP contribution in [-0.4, -0.2) is 18.1 Å². The number of pyridine rings is 1. The molecule has 1 rings (SSSR count). The number of hydrogen-bond donors (Lipinski definition) is 0. The second-order valence-corrected chi connectivity index (χ2v) is 3.81. The average Bonchev–Trinajstić information content (AvgIpc) is 2.30. The Hall–Kier alpha value is -0.940. The first-order chi connectivity index (χ1) is 7.99. The van der Waals surface area contributed by atoms with Crippen LogP contribution in [0.25, 0.3) is 0 Å². The molecule has 0 aliphatic rings. The summed E-state index contributed by atoms with van der Waals surface area (Å²) >= 11 is 11.3. The normalized spacial score (nSPS) is 10.7. The zero-order chi connectivity index (χ0) is 13.0. The maximum Gasteiger partial charge on any atom is 0.311 e. The van der Waals surface area contributed by atoms with Gasteiger partial charge in [-0.2, -0.15) is 0 Å². The zero-order valence-electron chi connectivity index (χ0n) is 8.84. The molecule has 1 heterocycles. The van der Waals surface area contributed by atoms with E-state index in [0.717, 1.165) is 6.07 Å². The SMILES string of the molecule is COC(=O)Cc1nc(CCl)c(C(F)F)cc1Cl. The third kappa shape index (κ3) is 3.51. The summed E-state index contributed by atoms with van der Waals surface area (Å²) in [6, 6.07) is 1.08. The van der Waals surface area contributed by atoms with Crippen molar-refractivity contribution < 1.29 is 18.3 Å². The summed E-state index contributed by atoms with van der Waals surface area (Å²) in [6.45, 7) is 0. The highest BCUT2D eigenvalue weighted by atomic mass is 35.5. The molecule has 1 aromatic heterocycles. The topological polar surface area (TPSA) is 39.2 Å².